The highest BCUT2D eigenvalue weighted by molar-refractivity contribution is 7.99. The molecule has 3 aromatic rings. The molecule has 0 spiro atoms. The molecule has 0 saturated carbocycles. The predicted octanol–water partition coefficient (Wildman–Crippen LogP) is 2.88. The first-order valence-corrected chi connectivity index (χ1v) is 11.2. The van der Waals surface area contributed by atoms with Crippen LogP contribution in [0.4, 0.5) is 0 Å². The van der Waals surface area contributed by atoms with Gasteiger partial charge in [-0.05, 0) is 25.5 Å². The van der Waals surface area contributed by atoms with Crippen LogP contribution in [0.1, 0.15) is 36.2 Å². The molecule has 9 heteroatoms. The van der Waals surface area contributed by atoms with Gasteiger partial charge in [-0.1, -0.05) is 29.1 Å². The van der Waals surface area contributed by atoms with Crippen molar-refractivity contribution in [3.63, 3.8) is 0 Å². The summed E-state index contributed by atoms with van der Waals surface area (Å²) in [5, 5.41) is 7.61. The standard InChI is InChI=1S/C22H22N4O4S/c1-12-9-24-22-26(21(12)28)17(11-31-22)8-20(27)23-10-16-7-19(30-25-16)15-4-3-14-5-13(2)29-18(14)6-15/h3-4,6-7,9,13,17H,5,8,10-11H2,1-2H3,(H,23,27)/t13-,17+/m1/s1. The Morgan fingerprint density at radius 3 is 3.10 bits per heavy atom. The number of nitrogens with zero attached hydrogens (tertiary/aromatic N) is 3. The molecule has 5 rings (SSSR count). The Kier molecular flexibility index (Phi) is 5.05. The van der Waals surface area contributed by atoms with Gasteiger partial charge in [-0.3, -0.25) is 14.2 Å². The van der Waals surface area contributed by atoms with Crippen LogP contribution in [0.2, 0.25) is 0 Å². The molecule has 160 valence electrons. The van der Waals surface area contributed by atoms with Crippen molar-refractivity contribution in [2.24, 2.45) is 0 Å². The zero-order valence-electron chi connectivity index (χ0n) is 17.3. The summed E-state index contributed by atoms with van der Waals surface area (Å²) in [5.41, 5.74) is 3.22. The maximum absolute atomic E-state index is 12.5. The fourth-order valence-corrected chi connectivity index (χ4v) is 5.04. The molecule has 0 saturated heterocycles. The average molecular weight is 439 g/mol. The first kappa shape index (κ1) is 19.9. The zero-order chi connectivity index (χ0) is 21.5. The maximum Gasteiger partial charge on any atom is 0.257 e. The molecule has 1 amide bonds. The number of carbonyl (C=O) groups is 1. The molecule has 31 heavy (non-hydrogen) atoms. The number of ether oxygens (including phenoxy) is 1. The lowest BCUT2D eigenvalue weighted by Gasteiger charge is -2.13. The molecule has 8 nitrogen and oxygen atoms in total. The number of aromatic nitrogens is 3. The number of benzene rings is 1. The Morgan fingerprint density at radius 2 is 2.23 bits per heavy atom. The number of rotatable bonds is 5. The molecule has 0 unspecified atom stereocenters. The van der Waals surface area contributed by atoms with E-state index in [1.54, 1.807) is 17.7 Å². The van der Waals surface area contributed by atoms with Crippen LogP contribution in [-0.2, 0) is 17.8 Å². The van der Waals surface area contributed by atoms with E-state index in [4.69, 9.17) is 9.26 Å². The lowest BCUT2D eigenvalue weighted by Crippen LogP contribution is -2.31. The molecule has 0 radical (unpaired) electrons. The number of amides is 1. The lowest BCUT2D eigenvalue weighted by molar-refractivity contribution is -0.121. The Morgan fingerprint density at radius 1 is 1.35 bits per heavy atom. The number of hydrogen-bond donors (Lipinski definition) is 1. The monoisotopic (exact) mass is 438 g/mol. The summed E-state index contributed by atoms with van der Waals surface area (Å²) in [6, 6.07) is 7.63. The van der Waals surface area contributed by atoms with Crippen LogP contribution >= 0.6 is 11.8 Å². The minimum absolute atomic E-state index is 0.0818. The number of aryl methyl sites for hydroxylation is 1. The molecule has 2 aromatic heterocycles. The fraction of sp³-hybridized carbons (Fsp3) is 0.364. The van der Waals surface area contributed by atoms with Crippen molar-refractivity contribution in [2.45, 2.75) is 50.5 Å². The smallest absolute Gasteiger partial charge is 0.257 e. The van der Waals surface area contributed by atoms with Crippen molar-refractivity contribution in [2.75, 3.05) is 5.75 Å². The highest BCUT2D eigenvalue weighted by Crippen LogP contribution is 2.34. The van der Waals surface area contributed by atoms with E-state index in [1.807, 2.05) is 31.2 Å². The van der Waals surface area contributed by atoms with Gasteiger partial charge in [-0.2, -0.15) is 0 Å². The molecular weight excluding hydrogens is 416 g/mol. The molecule has 0 bridgehead atoms. The fourth-order valence-electron chi connectivity index (χ4n) is 3.93. The van der Waals surface area contributed by atoms with Crippen molar-refractivity contribution >= 4 is 17.7 Å². The number of carbonyl (C=O) groups excluding carboxylic acids is 1. The van der Waals surface area contributed by atoms with Crippen molar-refractivity contribution in [1.29, 1.82) is 0 Å². The number of hydrogen-bond acceptors (Lipinski definition) is 7. The van der Waals surface area contributed by atoms with Crippen LogP contribution in [0.15, 0.2) is 44.9 Å². The first-order valence-electron chi connectivity index (χ1n) is 10.2. The van der Waals surface area contributed by atoms with E-state index in [9.17, 15) is 9.59 Å². The summed E-state index contributed by atoms with van der Waals surface area (Å²) < 4.78 is 12.9. The average Bonchev–Trinajstić information content (AvgIpc) is 3.46. The van der Waals surface area contributed by atoms with Crippen LogP contribution in [0.25, 0.3) is 11.3 Å². The maximum atomic E-state index is 12.5. The van der Waals surface area contributed by atoms with Crippen molar-refractivity contribution in [3.05, 3.63) is 57.6 Å². The number of nitrogens with one attached hydrogen (secondary N) is 1. The molecule has 0 fully saturated rings. The predicted molar refractivity (Wildman–Crippen MR) is 115 cm³/mol. The highest BCUT2D eigenvalue weighted by Gasteiger charge is 2.27. The van der Waals surface area contributed by atoms with E-state index in [0.717, 1.165) is 17.7 Å². The van der Waals surface area contributed by atoms with Gasteiger partial charge in [0, 0.05) is 42.0 Å². The second kappa shape index (κ2) is 7.88. The first-order chi connectivity index (χ1) is 15.0. The largest absolute Gasteiger partial charge is 0.490 e. The summed E-state index contributed by atoms with van der Waals surface area (Å²) in [4.78, 5) is 29.2. The molecule has 1 N–H and O–H groups in total. The van der Waals surface area contributed by atoms with Crippen LogP contribution in [-0.4, -0.2) is 32.5 Å². The summed E-state index contributed by atoms with van der Waals surface area (Å²) in [5.74, 6) is 2.03. The highest BCUT2D eigenvalue weighted by atomic mass is 32.2. The van der Waals surface area contributed by atoms with Gasteiger partial charge in [-0.25, -0.2) is 4.98 Å². The van der Waals surface area contributed by atoms with Gasteiger partial charge in [0.1, 0.15) is 17.5 Å². The Labute approximate surface area is 183 Å². The van der Waals surface area contributed by atoms with E-state index >= 15 is 0 Å². The number of thioether (sulfide) groups is 1. The van der Waals surface area contributed by atoms with Gasteiger partial charge in [-0.15, -0.1) is 0 Å². The third-order valence-corrected chi connectivity index (χ3v) is 6.65. The Bertz CT molecular complexity index is 1220. The summed E-state index contributed by atoms with van der Waals surface area (Å²) >= 11 is 1.50. The molecule has 1 aromatic carbocycles. The molecule has 2 atom stereocenters. The van der Waals surface area contributed by atoms with Gasteiger partial charge in [0.15, 0.2) is 10.9 Å². The molecule has 4 heterocycles. The normalized spacial score (nSPS) is 19.0. The van der Waals surface area contributed by atoms with Gasteiger partial charge < -0.3 is 14.6 Å². The van der Waals surface area contributed by atoms with Crippen molar-refractivity contribution in [1.82, 2.24) is 20.0 Å². The second-order valence-corrected chi connectivity index (χ2v) is 8.97. The zero-order valence-corrected chi connectivity index (χ0v) is 18.1. The van der Waals surface area contributed by atoms with E-state index in [2.05, 4.69) is 15.5 Å². The van der Waals surface area contributed by atoms with Crippen LogP contribution in [0, 0.1) is 6.92 Å². The van der Waals surface area contributed by atoms with Crippen molar-refractivity contribution in [3.8, 4) is 17.1 Å². The van der Waals surface area contributed by atoms with E-state index in [1.165, 1.54) is 17.3 Å². The lowest BCUT2D eigenvalue weighted by atomic mass is 10.1. The topological polar surface area (TPSA) is 99.2 Å². The van der Waals surface area contributed by atoms with E-state index < -0.39 is 0 Å². The van der Waals surface area contributed by atoms with E-state index in [0.29, 0.717) is 27.9 Å². The number of fused-ring (bicyclic) bond motifs is 2. The van der Waals surface area contributed by atoms with Gasteiger partial charge >= 0.3 is 0 Å². The third-order valence-electron chi connectivity index (χ3n) is 5.53. The van der Waals surface area contributed by atoms with Gasteiger partial charge in [0.2, 0.25) is 5.91 Å². The van der Waals surface area contributed by atoms with Gasteiger partial charge in [0.05, 0.1) is 12.6 Å². The Balaban J connectivity index is 1.21. The van der Waals surface area contributed by atoms with Crippen LogP contribution < -0.4 is 15.6 Å². The SMILES string of the molecule is Cc1cnc2n(c1=O)[C@@H](CC(=O)NCc1cc(-c3ccc4c(c3)O[C@H](C)C4)on1)CS2. The molecule has 0 aliphatic carbocycles. The quantitative estimate of drug-likeness (QED) is 0.612. The van der Waals surface area contributed by atoms with E-state index in [-0.39, 0.29) is 36.6 Å². The molecule has 2 aliphatic heterocycles. The minimum Gasteiger partial charge on any atom is -0.490 e. The Hall–Kier alpha value is -3.07. The van der Waals surface area contributed by atoms with Crippen LogP contribution in [0.5, 0.6) is 5.75 Å². The summed E-state index contributed by atoms with van der Waals surface area (Å²) in [7, 11) is 0. The molecular formula is C22H22N4O4S. The molecule has 2 aliphatic rings. The minimum atomic E-state index is -0.193. The van der Waals surface area contributed by atoms with Crippen LogP contribution in [0.3, 0.4) is 0 Å². The summed E-state index contributed by atoms with van der Waals surface area (Å²) in [6.45, 7) is 4.04. The van der Waals surface area contributed by atoms with Gasteiger partial charge in [0.25, 0.3) is 5.56 Å². The third kappa shape index (κ3) is 3.85. The second-order valence-electron chi connectivity index (χ2n) is 7.98. The summed E-state index contributed by atoms with van der Waals surface area (Å²) in [6.07, 6.45) is 2.90. The van der Waals surface area contributed by atoms with Crippen molar-refractivity contribution < 1.29 is 14.1 Å².